The molecule has 0 aromatic rings. The Kier molecular flexibility index (Phi) is 15.4. The molecule has 4 fully saturated rings. The van der Waals surface area contributed by atoms with Crippen molar-refractivity contribution in [3.63, 3.8) is 0 Å². The molecule has 4 saturated carbocycles. The van der Waals surface area contributed by atoms with E-state index in [1.54, 1.807) is 0 Å². The van der Waals surface area contributed by atoms with Gasteiger partial charge in [-0.25, -0.2) is 25.7 Å². The SMILES string of the molecule is C1CCCC1.C1CCCC1.[CH-]1CC1.[CH-]1CC1.[Ti+2]. The summed E-state index contributed by atoms with van der Waals surface area (Å²) in [7, 11) is 0. The van der Waals surface area contributed by atoms with Crippen LogP contribution in [0.25, 0.3) is 0 Å². The smallest absolute Gasteiger partial charge is 0.333 e. The minimum atomic E-state index is 0. The second kappa shape index (κ2) is 14.8. The van der Waals surface area contributed by atoms with Crippen LogP contribution in [0.2, 0.25) is 0 Å². The predicted molar refractivity (Wildman–Crippen MR) is 73.2 cm³/mol. The van der Waals surface area contributed by atoms with E-state index in [4.69, 9.17) is 0 Å². The van der Waals surface area contributed by atoms with Crippen molar-refractivity contribution in [3.8, 4) is 0 Å². The van der Waals surface area contributed by atoms with Gasteiger partial charge in [-0.2, -0.15) is 0 Å². The number of rotatable bonds is 0. The quantitative estimate of drug-likeness (QED) is 0.381. The molecule has 0 aromatic heterocycles. The Hall–Kier alpha value is 0.714. The molecule has 4 rings (SSSR count). The molecule has 0 saturated heterocycles. The summed E-state index contributed by atoms with van der Waals surface area (Å²) in [4.78, 5) is 0. The van der Waals surface area contributed by atoms with Gasteiger partial charge in [0.2, 0.25) is 0 Å². The van der Waals surface area contributed by atoms with Crippen molar-refractivity contribution in [1.29, 1.82) is 0 Å². The monoisotopic (exact) mass is 270 g/mol. The molecular weight excluding hydrogens is 240 g/mol. The fourth-order valence-electron chi connectivity index (χ4n) is 1.77. The Balaban J connectivity index is 0.000000202. The van der Waals surface area contributed by atoms with Crippen LogP contribution < -0.4 is 0 Å². The van der Waals surface area contributed by atoms with Gasteiger partial charge in [-0.15, -0.1) is 0 Å². The van der Waals surface area contributed by atoms with Crippen molar-refractivity contribution in [2.24, 2.45) is 0 Å². The summed E-state index contributed by atoms with van der Waals surface area (Å²) in [5.41, 5.74) is 0. The topological polar surface area (TPSA) is 0 Å². The first-order valence-corrected chi connectivity index (χ1v) is 7.63. The zero-order valence-electron chi connectivity index (χ0n) is 11.6. The summed E-state index contributed by atoms with van der Waals surface area (Å²) in [6.07, 6.45) is 25.0. The van der Waals surface area contributed by atoms with Gasteiger partial charge in [0.05, 0.1) is 0 Å². The van der Waals surface area contributed by atoms with Gasteiger partial charge in [-0.3, -0.25) is 0 Å². The van der Waals surface area contributed by atoms with E-state index >= 15 is 0 Å². The van der Waals surface area contributed by atoms with Crippen LogP contribution in [0.1, 0.15) is 89.9 Å². The normalized spacial score (nSPS) is 22.6. The first-order valence-electron chi connectivity index (χ1n) is 7.63. The maximum Gasteiger partial charge on any atom is 2.00 e. The van der Waals surface area contributed by atoms with Gasteiger partial charge in [0, 0.05) is 0 Å². The largest absolute Gasteiger partial charge is 2.00 e. The standard InChI is InChI=1S/2C5H10.2C3H5.Ti/c2*1-2-4-5-3-1;2*1-2-3-1;/h2*1-5H2;2*1H,2-3H2;/q;;2*-1;+2. The molecule has 1 heteroatoms. The molecule has 0 N–H and O–H groups in total. The Morgan fingerprint density at radius 1 is 0.353 bits per heavy atom. The van der Waals surface area contributed by atoms with Crippen LogP contribution >= 0.6 is 0 Å². The fourth-order valence-corrected chi connectivity index (χ4v) is 1.77. The summed E-state index contributed by atoms with van der Waals surface area (Å²) in [6.45, 7) is 0. The molecule has 0 unspecified atom stereocenters. The molecule has 17 heavy (non-hydrogen) atoms. The molecule has 0 aliphatic heterocycles. The second-order valence-corrected chi connectivity index (χ2v) is 5.27. The molecule has 4 aliphatic carbocycles. The van der Waals surface area contributed by atoms with Crippen LogP contribution in [0.3, 0.4) is 0 Å². The van der Waals surface area contributed by atoms with Gasteiger partial charge in [0.15, 0.2) is 0 Å². The van der Waals surface area contributed by atoms with E-state index in [9.17, 15) is 0 Å². The minimum absolute atomic E-state index is 0. The van der Waals surface area contributed by atoms with E-state index in [1.807, 2.05) is 0 Å². The number of hydrogen-bond donors (Lipinski definition) is 0. The van der Waals surface area contributed by atoms with Gasteiger partial charge < -0.3 is 12.8 Å². The average molecular weight is 270 g/mol. The van der Waals surface area contributed by atoms with E-state index in [-0.39, 0.29) is 21.7 Å². The summed E-state index contributed by atoms with van der Waals surface area (Å²) >= 11 is 0. The molecule has 98 valence electrons. The third kappa shape index (κ3) is 22.4. The molecule has 0 radical (unpaired) electrons. The molecule has 0 heterocycles. The molecule has 0 atom stereocenters. The molecule has 0 nitrogen and oxygen atoms in total. The minimum Gasteiger partial charge on any atom is -0.333 e. The van der Waals surface area contributed by atoms with E-state index in [2.05, 4.69) is 12.8 Å². The molecule has 4 aliphatic rings. The van der Waals surface area contributed by atoms with Crippen LogP contribution in [-0.4, -0.2) is 0 Å². The van der Waals surface area contributed by atoms with E-state index in [0.29, 0.717) is 0 Å². The summed E-state index contributed by atoms with van der Waals surface area (Å²) in [6, 6.07) is 0. The van der Waals surface area contributed by atoms with Gasteiger partial charge in [-0.05, 0) is 0 Å². The second-order valence-electron chi connectivity index (χ2n) is 5.27. The van der Waals surface area contributed by atoms with Crippen LogP contribution in [0.15, 0.2) is 0 Å². The zero-order chi connectivity index (χ0) is 11.3. The van der Waals surface area contributed by atoms with Crippen molar-refractivity contribution < 1.29 is 21.7 Å². The first-order chi connectivity index (χ1) is 8.00. The van der Waals surface area contributed by atoms with Crippen LogP contribution in [-0.2, 0) is 21.7 Å². The average Bonchev–Trinajstić information content (AvgIpc) is 3.29. The Labute approximate surface area is 124 Å². The molecule has 0 aromatic carbocycles. The van der Waals surface area contributed by atoms with Gasteiger partial charge in [0.25, 0.3) is 0 Å². The Morgan fingerprint density at radius 3 is 0.529 bits per heavy atom. The van der Waals surface area contributed by atoms with Crippen molar-refractivity contribution in [2.45, 2.75) is 89.9 Å². The molecule has 0 bridgehead atoms. The third-order valence-corrected chi connectivity index (χ3v) is 3.08. The van der Waals surface area contributed by atoms with E-state index in [0.717, 1.165) is 0 Å². The molecule has 0 amide bonds. The van der Waals surface area contributed by atoms with Crippen LogP contribution in [0, 0.1) is 12.8 Å². The van der Waals surface area contributed by atoms with Crippen LogP contribution in [0.4, 0.5) is 0 Å². The molecular formula is C16H30Ti. The fraction of sp³-hybridized carbons (Fsp3) is 0.875. The van der Waals surface area contributed by atoms with Gasteiger partial charge >= 0.3 is 21.7 Å². The van der Waals surface area contributed by atoms with E-state index in [1.165, 1.54) is 89.9 Å². The van der Waals surface area contributed by atoms with Crippen LogP contribution in [0.5, 0.6) is 0 Å². The van der Waals surface area contributed by atoms with E-state index < -0.39 is 0 Å². The van der Waals surface area contributed by atoms with Crippen molar-refractivity contribution in [1.82, 2.24) is 0 Å². The van der Waals surface area contributed by atoms with Gasteiger partial charge in [-0.1, -0.05) is 64.2 Å². The summed E-state index contributed by atoms with van der Waals surface area (Å²) < 4.78 is 0. The van der Waals surface area contributed by atoms with Gasteiger partial charge in [0.1, 0.15) is 0 Å². The summed E-state index contributed by atoms with van der Waals surface area (Å²) in [5, 5.41) is 0. The first kappa shape index (κ1) is 17.7. The Morgan fingerprint density at radius 2 is 0.471 bits per heavy atom. The number of hydrogen-bond acceptors (Lipinski definition) is 0. The van der Waals surface area contributed by atoms with Crippen molar-refractivity contribution in [2.75, 3.05) is 0 Å². The predicted octanol–water partition coefficient (Wildman–Crippen LogP) is 5.87. The van der Waals surface area contributed by atoms with Crippen molar-refractivity contribution >= 4 is 0 Å². The van der Waals surface area contributed by atoms with Crippen molar-refractivity contribution in [3.05, 3.63) is 12.8 Å². The molecule has 0 spiro atoms. The maximum atomic E-state index is 2.25. The zero-order valence-corrected chi connectivity index (χ0v) is 13.1. The maximum absolute atomic E-state index is 2.25. The third-order valence-electron chi connectivity index (χ3n) is 3.08. The summed E-state index contributed by atoms with van der Waals surface area (Å²) in [5.74, 6) is 0. The Bertz CT molecular complexity index is 84.8.